The molecule has 1 N–H and O–H groups in total. The Labute approximate surface area is 137 Å². The van der Waals surface area contributed by atoms with Crippen molar-refractivity contribution in [3.05, 3.63) is 44.6 Å². The quantitative estimate of drug-likeness (QED) is 0.867. The SMILES string of the molecule is COc1ccc(C(C)NS(=O)(=O)c2cc(Cl)sc2Cl)cc1. The van der Waals surface area contributed by atoms with Crippen molar-refractivity contribution >= 4 is 44.6 Å². The number of ether oxygens (including phenoxy) is 1. The summed E-state index contributed by atoms with van der Waals surface area (Å²) in [6.45, 7) is 1.75. The normalized spacial score (nSPS) is 13.1. The second-order valence-electron chi connectivity index (χ2n) is 4.30. The van der Waals surface area contributed by atoms with E-state index in [1.807, 2.05) is 0 Å². The molecule has 21 heavy (non-hydrogen) atoms. The molecule has 1 unspecified atom stereocenters. The van der Waals surface area contributed by atoms with Crippen molar-refractivity contribution in [1.29, 1.82) is 0 Å². The number of halogens is 2. The Morgan fingerprint density at radius 3 is 2.33 bits per heavy atom. The molecular weight excluding hydrogens is 353 g/mol. The lowest BCUT2D eigenvalue weighted by Crippen LogP contribution is -2.26. The van der Waals surface area contributed by atoms with Crippen LogP contribution in [-0.2, 0) is 10.0 Å². The number of hydrogen-bond donors (Lipinski definition) is 1. The number of methoxy groups -OCH3 is 1. The number of nitrogens with one attached hydrogen (secondary N) is 1. The van der Waals surface area contributed by atoms with E-state index in [1.54, 1.807) is 38.3 Å². The molecule has 0 saturated heterocycles. The Morgan fingerprint density at radius 2 is 1.86 bits per heavy atom. The monoisotopic (exact) mass is 365 g/mol. The molecule has 1 heterocycles. The zero-order chi connectivity index (χ0) is 15.6. The highest BCUT2D eigenvalue weighted by Crippen LogP contribution is 2.34. The van der Waals surface area contributed by atoms with E-state index >= 15 is 0 Å². The van der Waals surface area contributed by atoms with E-state index in [2.05, 4.69) is 4.72 Å². The van der Waals surface area contributed by atoms with Gasteiger partial charge in [0.1, 0.15) is 15.0 Å². The summed E-state index contributed by atoms with van der Waals surface area (Å²) in [5, 5.41) is 0. The van der Waals surface area contributed by atoms with Crippen molar-refractivity contribution in [2.24, 2.45) is 0 Å². The number of hydrogen-bond acceptors (Lipinski definition) is 4. The van der Waals surface area contributed by atoms with E-state index in [4.69, 9.17) is 27.9 Å². The summed E-state index contributed by atoms with van der Waals surface area (Å²) in [6.07, 6.45) is 0. The maximum absolute atomic E-state index is 12.3. The Morgan fingerprint density at radius 1 is 1.24 bits per heavy atom. The van der Waals surface area contributed by atoms with Crippen LogP contribution in [0.3, 0.4) is 0 Å². The van der Waals surface area contributed by atoms with Gasteiger partial charge in [0.2, 0.25) is 10.0 Å². The zero-order valence-electron chi connectivity index (χ0n) is 11.3. The molecular formula is C13H13Cl2NO3S2. The average Bonchev–Trinajstić information content (AvgIpc) is 2.78. The summed E-state index contributed by atoms with van der Waals surface area (Å²) >= 11 is 12.7. The summed E-state index contributed by atoms with van der Waals surface area (Å²) < 4.78 is 32.7. The van der Waals surface area contributed by atoms with Crippen LogP contribution >= 0.6 is 34.5 Å². The van der Waals surface area contributed by atoms with E-state index in [0.29, 0.717) is 10.1 Å². The van der Waals surface area contributed by atoms with Crippen LogP contribution in [0.1, 0.15) is 18.5 Å². The number of sulfonamides is 1. The summed E-state index contributed by atoms with van der Waals surface area (Å²) in [6, 6.07) is 8.08. The topological polar surface area (TPSA) is 55.4 Å². The van der Waals surface area contributed by atoms with Gasteiger partial charge in [-0.05, 0) is 30.7 Å². The average molecular weight is 366 g/mol. The predicted molar refractivity (Wildman–Crippen MR) is 86.1 cm³/mol. The van der Waals surface area contributed by atoms with Crippen molar-refractivity contribution in [2.45, 2.75) is 17.9 Å². The second kappa shape index (κ2) is 6.54. The van der Waals surface area contributed by atoms with Crippen LogP contribution in [0.2, 0.25) is 8.67 Å². The third kappa shape index (κ3) is 3.90. The van der Waals surface area contributed by atoms with E-state index in [1.165, 1.54) is 6.07 Å². The van der Waals surface area contributed by atoms with Gasteiger partial charge >= 0.3 is 0 Å². The van der Waals surface area contributed by atoms with Gasteiger partial charge in [-0.3, -0.25) is 0 Å². The number of benzene rings is 1. The van der Waals surface area contributed by atoms with Crippen molar-refractivity contribution in [3.8, 4) is 5.75 Å². The van der Waals surface area contributed by atoms with Crippen molar-refractivity contribution < 1.29 is 13.2 Å². The molecule has 0 amide bonds. The first-order chi connectivity index (χ1) is 9.83. The third-order valence-electron chi connectivity index (χ3n) is 2.86. The van der Waals surface area contributed by atoms with Crippen LogP contribution in [0.5, 0.6) is 5.75 Å². The molecule has 2 rings (SSSR count). The molecule has 0 aliphatic carbocycles. The fraction of sp³-hybridized carbons (Fsp3) is 0.231. The zero-order valence-corrected chi connectivity index (χ0v) is 14.4. The lowest BCUT2D eigenvalue weighted by molar-refractivity contribution is 0.414. The fourth-order valence-corrected chi connectivity index (χ4v) is 5.15. The third-order valence-corrected chi connectivity index (χ3v) is 6.16. The molecule has 114 valence electrons. The highest BCUT2D eigenvalue weighted by atomic mass is 35.5. The van der Waals surface area contributed by atoms with E-state index in [9.17, 15) is 8.42 Å². The Balaban J connectivity index is 2.21. The van der Waals surface area contributed by atoms with Crippen LogP contribution in [0.15, 0.2) is 35.2 Å². The van der Waals surface area contributed by atoms with E-state index in [-0.39, 0.29) is 9.23 Å². The lowest BCUT2D eigenvalue weighted by atomic mass is 10.1. The van der Waals surface area contributed by atoms with Crippen molar-refractivity contribution in [1.82, 2.24) is 4.72 Å². The molecule has 0 radical (unpaired) electrons. The van der Waals surface area contributed by atoms with Gasteiger partial charge in [0.05, 0.1) is 11.4 Å². The van der Waals surface area contributed by atoms with E-state index in [0.717, 1.165) is 16.9 Å². The van der Waals surface area contributed by atoms with Crippen molar-refractivity contribution in [2.75, 3.05) is 7.11 Å². The molecule has 2 aromatic rings. The second-order valence-corrected chi connectivity index (χ2v) is 8.27. The maximum Gasteiger partial charge on any atom is 0.243 e. The number of thiophene rings is 1. The Bertz CT molecular complexity index is 726. The molecule has 1 aromatic carbocycles. The molecule has 0 saturated carbocycles. The Hall–Kier alpha value is -0.790. The molecule has 0 aliphatic rings. The lowest BCUT2D eigenvalue weighted by Gasteiger charge is -2.14. The van der Waals surface area contributed by atoms with Crippen LogP contribution < -0.4 is 9.46 Å². The van der Waals surface area contributed by atoms with Crippen LogP contribution in [0.25, 0.3) is 0 Å². The maximum atomic E-state index is 12.3. The van der Waals surface area contributed by atoms with E-state index < -0.39 is 16.1 Å². The molecule has 1 aromatic heterocycles. The summed E-state index contributed by atoms with van der Waals surface area (Å²) in [5.41, 5.74) is 0.817. The first-order valence-electron chi connectivity index (χ1n) is 5.94. The van der Waals surface area contributed by atoms with Crippen molar-refractivity contribution in [3.63, 3.8) is 0 Å². The largest absolute Gasteiger partial charge is 0.497 e. The van der Waals surface area contributed by atoms with Gasteiger partial charge in [0, 0.05) is 6.04 Å². The van der Waals surface area contributed by atoms with Gasteiger partial charge in [-0.1, -0.05) is 35.3 Å². The highest BCUT2D eigenvalue weighted by Gasteiger charge is 2.23. The first kappa shape index (κ1) is 16.6. The highest BCUT2D eigenvalue weighted by molar-refractivity contribution is 7.89. The first-order valence-corrected chi connectivity index (χ1v) is 9.00. The smallest absolute Gasteiger partial charge is 0.243 e. The molecule has 0 fully saturated rings. The molecule has 0 aliphatic heterocycles. The fourth-order valence-electron chi connectivity index (χ4n) is 1.77. The van der Waals surface area contributed by atoms with Gasteiger partial charge in [-0.25, -0.2) is 13.1 Å². The Kier molecular flexibility index (Phi) is 5.16. The minimum atomic E-state index is -3.72. The minimum absolute atomic E-state index is 0.000437. The minimum Gasteiger partial charge on any atom is -0.497 e. The van der Waals surface area contributed by atoms with Gasteiger partial charge in [0.25, 0.3) is 0 Å². The summed E-state index contributed by atoms with van der Waals surface area (Å²) in [4.78, 5) is -0.000437. The predicted octanol–water partition coefficient (Wildman–Crippen LogP) is 4.10. The standard InChI is InChI=1S/C13H13Cl2NO3S2/c1-8(9-3-5-10(19-2)6-4-9)16-21(17,18)11-7-12(14)20-13(11)15/h3-8,16H,1-2H3. The van der Waals surface area contributed by atoms with Crippen LogP contribution in [0.4, 0.5) is 0 Å². The van der Waals surface area contributed by atoms with Crippen LogP contribution in [0, 0.1) is 0 Å². The summed E-state index contributed by atoms with van der Waals surface area (Å²) in [5.74, 6) is 0.710. The molecule has 8 heteroatoms. The summed E-state index contributed by atoms with van der Waals surface area (Å²) in [7, 11) is -2.15. The van der Waals surface area contributed by atoms with Gasteiger partial charge in [-0.15, -0.1) is 11.3 Å². The van der Waals surface area contributed by atoms with Gasteiger partial charge in [-0.2, -0.15) is 0 Å². The number of rotatable bonds is 5. The molecule has 4 nitrogen and oxygen atoms in total. The van der Waals surface area contributed by atoms with Gasteiger partial charge < -0.3 is 4.74 Å². The van der Waals surface area contributed by atoms with Gasteiger partial charge in [0.15, 0.2) is 0 Å². The molecule has 0 spiro atoms. The molecule has 1 atom stereocenters. The molecule has 0 bridgehead atoms. The van der Waals surface area contributed by atoms with Crippen LogP contribution in [-0.4, -0.2) is 15.5 Å².